The molecular formula is C22H29N7O2S. The molecule has 1 saturated carbocycles. The molecule has 1 aliphatic rings. The topological polar surface area (TPSA) is 99.6 Å². The zero-order valence-corrected chi connectivity index (χ0v) is 19.7. The first kappa shape index (κ1) is 22.3. The third-order valence-electron chi connectivity index (χ3n) is 6.27. The number of carbonyl (C=O) groups is 1. The van der Waals surface area contributed by atoms with Gasteiger partial charge in [0.05, 0.1) is 16.6 Å². The average molecular weight is 456 g/mol. The van der Waals surface area contributed by atoms with Gasteiger partial charge in [0.25, 0.3) is 5.56 Å². The van der Waals surface area contributed by atoms with Gasteiger partial charge >= 0.3 is 0 Å². The molecule has 10 heteroatoms. The summed E-state index contributed by atoms with van der Waals surface area (Å²) in [5.41, 5.74) is 1.63. The third kappa shape index (κ3) is 4.23. The Bertz CT molecular complexity index is 1150. The van der Waals surface area contributed by atoms with Crippen molar-refractivity contribution in [2.45, 2.75) is 62.9 Å². The van der Waals surface area contributed by atoms with Crippen LogP contribution in [0, 0.1) is 12.8 Å². The maximum atomic E-state index is 13.3. The van der Waals surface area contributed by atoms with E-state index in [1.165, 1.54) is 22.9 Å². The summed E-state index contributed by atoms with van der Waals surface area (Å²) >= 11 is 1.26. The van der Waals surface area contributed by atoms with Crippen molar-refractivity contribution < 1.29 is 4.79 Å². The number of hydrogen-bond acceptors (Lipinski definition) is 6. The molecule has 0 bridgehead atoms. The van der Waals surface area contributed by atoms with Crippen molar-refractivity contribution in [2.24, 2.45) is 13.0 Å². The van der Waals surface area contributed by atoms with Gasteiger partial charge in [-0.15, -0.1) is 5.10 Å². The molecule has 3 aromatic rings. The van der Waals surface area contributed by atoms with Crippen LogP contribution in [-0.2, 0) is 11.8 Å². The number of rotatable bonds is 6. The quantitative estimate of drug-likeness (QED) is 0.574. The van der Waals surface area contributed by atoms with E-state index >= 15 is 0 Å². The van der Waals surface area contributed by atoms with Crippen LogP contribution in [0.15, 0.2) is 40.3 Å². The number of thioether (sulfide) groups is 1. The zero-order chi connectivity index (χ0) is 22.8. The lowest BCUT2D eigenvalue weighted by molar-refractivity contribution is -0.121. The van der Waals surface area contributed by atoms with Crippen molar-refractivity contribution in [1.29, 1.82) is 0 Å². The van der Waals surface area contributed by atoms with Crippen molar-refractivity contribution in [2.75, 3.05) is 0 Å². The van der Waals surface area contributed by atoms with E-state index < -0.39 is 5.25 Å². The molecule has 1 aromatic carbocycles. The van der Waals surface area contributed by atoms with Gasteiger partial charge in [-0.3, -0.25) is 14.3 Å². The van der Waals surface area contributed by atoms with Gasteiger partial charge in [0.15, 0.2) is 5.69 Å². The van der Waals surface area contributed by atoms with Crippen molar-refractivity contribution in [3.8, 4) is 11.4 Å². The lowest BCUT2D eigenvalue weighted by Gasteiger charge is -2.30. The van der Waals surface area contributed by atoms with Gasteiger partial charge in [-0.25, -0.2) is 4.68 Å². The average Bonchev–Trinajstić information content (AvgIpc) is 3.31. The summed E-state index contributed by atoms with van der Waals surface area (Å²) < 4.78 is 4.81. The van der Waals surface area contributed by atoms with Gasteiger partial charge < -0.3 is 5.32 Å². The highest BCUT2D eigenvalue weighted by Gasteiger charge is 2.28. The molecule has 1 amide bonds. The second kappa shape index (κ2) is 9.32. The maximum Gasteiger partial charge on any atom is 0.297 e. The molecule has 0 radical (unpaired) electrons. The van der Waals surface area contributed by atoms with Crippen molar-refractivity contribution in [3.63, 3.8) is 0 Å². The van der Waals surface area contributed by atoms with E-state index in [9.17, 15) is 9.59 Å². The fraction of sp³-hybridized carbons (Fsp3) is 0.500. The van der Waals surface area contributed by atoms with Crippen LogP contribution in [0.4, 0.5) is 0 Å². The Labute approximate surface area is 191 Å². The Balaban J connectivity index is 1.58. The highest BCUT2D eigenvalue weighted by Crippen LogP contribution is 2.26. The van der Waals surface area contributed by atoms with E-state index in [4.69, 9.17) is 0 Å². The summed E-state index contributed by atoms with van der Waals surface area (Å²) in [4.78, 5) is 26.1. The van der Waals surface area contributed by atoms with Crippen LogP contribution in [-0.4, -0.2) is 46.8 Å². The van der Waals surface area contributed by atoms with Crippen LogP contribution in [0.2, 0.25) is 0 Å². The van der Waals surface area contributed by atoms with E-state index in [1.54, 1.807) is 9.36 Å². The summed E-state index contributed by atoms with van der Waals surface area (Å²) in [5.74, 6) is 0.452. The predicted octanol–water partition coefficient (Wildman–Crippen LogP) is 2.64. The van der Waals surface area contributed by atoms with Crippen LogP contribution in [0.1, 0.15) is 45.2 Å². The molecule has 9 nitrogen and oxygen atoms in total. The number of carbonyl (C=O) groups excluding carboxylic acids is 1. The smallest absolute Gasteiger partial charge is 0.297 e. The van der Waals surface area contributed by atoms with Crippen LogP contribution in [0.3, 0.4) is 0 Å². The number of nitrogens with zero attached hydrogens (tertiary/aromatic N) is 6. The minimum atomic E-state index is -0.394. The van der Waals surface area contributed by atoms with Gasteiger partial charge in [0.2, 0.25) is 11.1 Å². The van der Waals surface area contributed by atoms with Gasteiger partial charge in [-0.1, -0.05) is 49.7 Å². The molecule has 1 aliphatic carbocycles. The van der Waals surface area contributed by atoms with Gasteiger partial charge in [-0.05, 0) is 55.2 Å². The summed E-state index contributed by atoms with van der Waals surface area (Å²) in [7, 11) is 1.83. The summed E-state index contributed by atoms with van der Waals surface area (Å²) in [5, 5.41) is 15.2. The fourth-order valence-electron chi connectivity index (χ4n) is 4.23. The monoisotopic (exact) mass is 455 g/mol. The van der Waals surface area contributed by atoms with Crippen LogP contribution in [0.5, 0.6) is 0 Å². The normalized spacial score (nSPS) is 19.6. The summed E-state index contributed by atoms with van der Waals surface area (Å²) in [6.45, 7) is 5.89. The van der Waals surface area contributed by atoms with Crippen LogP contribution in [0.25, 0.3) is 11.4 Å². The molecule has 0 aliphatic heterocycles. The maximum absolute atomic E-state index is 13.3. The Morgan fingerprint density at radius 1 is 1.22 bits per heavy atom. The highest BCUT2D eigenvalue weighted by molar-refractivity contribution is 8.00. The summed E-state index contributed by atoms with van der Waals surface area (Å²) in [6.07, 6.45) is 4.54. The molecule has 3 atom stereocenters. The molecule has 2 heterocycles. The van der Waals surface area contributed by atoms with E-state index in [1.807, 2.05) is 51.2 Å². The second-order valence-corrected chi connectivity index (χ2v) is 9.73. The fourth-order valence-corrected chi connectivity index (χ4v) is 5.04. The first-order valence-electron chi connectivity index (χ1n) is 11.0. The number of para-hydroxylation sites is 1. The van der Waals surface area contributed by atoms with Crippen molar-refractivity contribution >= 4 is 17.7 Å². The lowest BCUT2D eigenvalue weighted by Crippen LogP contribution is -2.44. The van der Waals surface area contributed by atoms with Crippen LogP contribution < -0.4 is 10.9 Å². The SMILES string of the molecule is Cc1c(-n2nnnc2SC(C)C(=O)NC2CCCCC2C)c(=O)n(-c2ccccc2)n1C. The molecule has 1 N–H and O–H groups in total. The molecule has 170 valence electrons. The Morgan fingerprint density at radius 2 is 1.94 bits per heavy atom. The Kier molecular flexibility index (Phi) is 6.50. The highest BCUT2D eigenvalue weighted by atomic mass is 32.2. The minimum absolute atomic E-state index is 0.0326. The third-order valence-corrected chi connectivity index (χ3v) is 7.30. The van der Waals surface area contributed by atoms with Crippen LogP contribution >= 0.6 is 11.8 Å². The molecular weight excluding hydrogens is 426 g/mol. The Hall–Kier alpha value is -2.88. The predicted molar refractivity (Wildman–Crippen MR) is 123 cm³/mol. The first-order chi connectivity index (χ1) is 15.4. The number of aromatic nitrogens is 6. The largest absolute Gasteiger partial charge is 0.352 e. The molecule has 2 aromatic heterocycles. The van der Waals surface area contributed by atoms with E-state index in [0.717, 1.165) is 30.6 Å². The van der Waals surface area contributed by atoms with Crippen molar-refractivity contribution in [1.82, 2.24) is 34.9 Å². The summed E-state index contributed by atoms with van der Waals surface area (Å²) in [6, 6.07) is 9.63. The molecule has 0 saturated heterocycles. The Morgan fingerprint density at radius 3 is 2.66 bits per heavy atom. The standard InChI is InChI=1S/C22H29N7O2S/c1-14-10-8-9-13-18(14)23-20(30)16(3)32-22-24-25-26-28(22)19-15(2)27(4)29(21(19)31)17-11-6-5-7-12-17/h5-7,11-12,14,16,18H,8-10,13H2,1-4H3,(H,23,30). The first-order valence-corrected chi connectivity index (χ1v) is 11.9. The zero-order valence-electron chi connectivity index (χ0n) is 18.9. The number of hydrogen-bond donors (Lipinski definition) is 1. The molecule has 1 fully saturated rings. The van der Waals surface area contributed by atoms with E-state index in [2.05, 4.69) is 27.8 Å². The van der Waals surface area contributed by atoms with Crippen molar-refractivity contribution in [3.05, 3.63) is 46.4 Å². The molecule has 0 spiro atoms. The number of tetrazole rings is 1. The minimum Gasteiger partial charge on any atom is -0.352 e. The van der Waals surface area contributed by atoms with Gasteiger partial charge in [0, 0.05) is 13.1 Å². The second-order valence-electron chi connectivity index (χ2n) is 8.42. The number of nitrogens with one attached hydrogen (secondary N) is 1. The molecule has 32 heavy (non-hydrogen) atoms. The van der Waals surface area contributed by atoms with Gasteiger partial charge in [-0.2, -0.15) is 4.68 Å². The number of amides is 1. The molecule has 3 unspecified atom stereocenters. The van der Waals surface area contributed by atoms with E-state index in [0.29, 0.717) is 16.8 Å². The molecule has 4 rings (SSSR count). The lowest BCUT2D eigenvalue weighted by atomic mass is 9.86. The van der Waals surface area contributed by atoms with E-state index in [-0.39, 0.29) is 17.5 Å². The van der Waals surface area contributed by atoms with Gasteiger partial charge in [0.1, 0.15) is 0 Å². The number of benzene rings is 1.